The van der Waals surface area contributed by atoms with E-state index < -0.39 is 0 Å². The molecule has 0 bridgehead atoms. The second kappa shape index (κ2) is 6.19. The molecule has 7 nitrogen and oxygen atoms in total. The van der Waals surface area contributed by atoms with Gasteiger partial charge >= 0.3 is 0 Å². The predicted molar refractivity (Wildman–Crippen MR) is 78.7 cm³/mol. The minimum atomic E-state index is -0.142. The molecular weight excluding hydrogens is 268 g/mol. The lowest BCUT2D eigenvalue weighted by molar-refractivity contribution is -0.127. The van der Waals surface area contributed by atoms with Crippen molar-refractivity contribution >= 4 is 11.7 Å². The summed E-state index contributed by atoms with van der Waals surface area (Å²) in [5.41, 5.74) is 0.935. The molecule has 1 atom stereocenters. The maximum Gasteiger partial charge on any atom is 0.238 e. The third-order valence-electron chi connectivity index (χ3n) is 3.66. The molecule has 1 aliphatic rings. The zero-order valence-electron chi connectivity index (χ0n) is 12.1. The third-order valence-corrected chi connectivity index (χ3v) is 3.66. The van der Waals surface area contributed by atoms with Gasteiger partial charge in [-0.3, -0.25) is 14.1 Å². The number of hydrogen-bond acceptors (Lipinski definition) is 5. The highest BCUT2D eigenvalue weighted by atomic mass is 16.2. The number of carbonyl (C=O) groups excluding carboxylic acids is 1. The Balaban J connectivity index is 1.75. The summed E-state index contributed by atoms with van der Waals surface area (Å²) >= 11 is 0. The molecule has 1 amide bonds. The summed E-state index contributed by atoms with van der Waals surface area (Å²) in [6.45, 7) is 5.66. The Kier molecular flexibility index (Phi) is 4.12. The van der Waals surface area contributed by atoms with Crippen molar-refractivity contribution in [1.82, 2.24) is 29.9 Å². The molecule has 0 aromatic carbocycles. The third kappa shape index (κ3) is 3.03. The van der Waals surface area contributed by atoms with E-state index in [1.165, 1.54) is 0 Å². The van der Waals surface area contributed by atoms with Gasteiger partial charge in [-0.2, -0.15) is 0 Å². The van der Waals surface area contributed by atoms with E-state index in [2.05, 4.69) is 25.5 Å². The van der Waals surface area contributed by atoms with E-state index in [0.29, 0.717) is 25.4 Å². The van der Waals surface area contributed by atoms with E-state index in [-0.39, 0.29) is 11.9 Å². The van der Waals surface area contributed by atoms with Crippen LogP contribution in [0.2, 0.25) is 0 Å². The summed E-state index contributed by atoms with van der Waals surface area (Å²) < 4.78 is 1.90. The summed E-state index contributed by atoms with van der Waals surface area (Å²) in [5, 5.41) is 6.18. The fourth-order valence-electron chi connectivity index (χ4n) is 2.65. The Hall–Kier alpha value is -1.99. The lowest BCUT2D eigenvalue weighted by Gasteiger charge is -2.34. The number of carbonyl (C=O) groups is 1. The lowest BCUT2D eigenvalue weighted by atomic mass is 10.1. The number of nitrogens with one attached hydrogen (secondary N) is 2. The number of likely N-dealkylation sites (N-methyl/N-ethyl adjacent to an activating group) is 1. The summed E-state index contributed by atoms with van der Waals surface area (Å²) in [7, 11) is 0. The zero-order valence-corrected chi connectivity index (χ0v) is 12.1. The van der Waals surface area contributed by atoms with E-state index in [0.717, 1.165) is 18.8 Å². The van der Waals surface area contributed by atoms with Crippen LogP contribution in [-0.2, 0) is 11.3 Å². The first kappa shape index (κ1) is 14.0. The fraction of sp³-hybridized carbons (Fsp3) is 0.500. The van der Waals surface area contributed by atoms with Crippen LogP contribution in [0.15, 0.2) is 24.7 Å². The number of fused-ring (bicyclic) bond motifs is 1. The summed E-state index contributed by atoms with van der Waals surface area (Å²) in [6, 6.07) is 1.73. The maximum absolute atomic E-state index is 12.1. The van der Waals surface area contributed by atoms with Gasteiger partial charge in [-0.15, -0.1) is 0 Å². The van der Waals surface area contributed by atoms with E-state index in [4.69, 9.17) is 0 Å². The number of piperazine rings is 1. The van der Waals surface area contributed by atoms with E-state index in [1.807, 2.05) is 29.8 Å². The molecule has 1 fully saturated rings. The Labute approximate surface area is 123 Å². The molecule has 2 N–H and O–H groups in total. The van der Waals surface area contributed by atoms with Crippen molar-refractivity contribution in [2.75, 3.05) is 26.2 Å². The topological polar surface area (TPSA) is 74.6 Å². The van der Waals surface area contributed by atoms with Crippen LogP contribution in [0.3, 0.4) is 0 Å². The molecule has 3 rings (SSSR count). The molecule has 1 unspecified atom stereocenters. The van der Waals surface area contributed by atoms with Gasteiger partial charge in [0.1, 0.15) is 6.04 Å². The highest BCUT2D eigenvalue weighted by molar-refractivity contribution is 5.82. The van der Waals surface area contributed by atoms with Gasteiger partial charge in [-0.25, -0.2) is 9.97 Å². The Bertz CT molecular complexity index is 592. The summed E-state index contributed by atoms with van der Waals surface area (Å²) in [4.78, 5) is 23.0. The molecular formula is C14H20N6O. The van der Waals surface area contributed by atoms with Gasteiger partial charge in [0.05, 0.1) is 5.69 Å². The van der Waals surface area contributed by atoms with Crippen LogP contribution in [0.5, 0.6) is 0 Å². The van der Waals surface area contributed by atoms with E-state index in [1.54, 1.807) is 6.20 Å². The van der Waals surface area contributed by atoms with E-state index in [9.17, 15) is 4.79 Å². The number of hydrogen-bond donors (Lipinski definition) is 2. The van der Waals surface area contributed by atoms with Gasteiger partial charge in [0.2, 0.25) is 11.7 Å². The fourth-order valence-corrected chi connectivity index (χ4v) is 2.65. The molecule has 0 aliphatic carbocycles. The molecule has 1 saturated heterocycles. The minimum absolute atomic E-state index is 0.0755. The number of nitrogens with zero attached hydrogens (tertiary/aromatic N) is 4. The van der Waals surface area contributed by atoms with Crippen LogP contribution in [0.1, 0.15) is 12.6 Å². The van der Waals surface area contributed by atoms with Crippen LogP contribution in [0.25, 0.3) is 5.78 Å². The van der Waals surface area contributed by atoms with Gasteiger partial charge in [-0.1, -0.05) is 0 Å². The molecule has 3 heterocycles. The van der Waals surface area contributed by atoms with Crippen LogP contribution in [0.4, 0.5) is 0 Å². The van der Waals surface area contributed by atoms with Crippen molar-refractivity contribution in [2.45, 2.75) is 19.5 Å². The smallest absolute Gasteiger partial charge is 0.238 e. The molecule has 0 saturated carbocycles. The first-order valence-electron chi connectivity index (χ1n) is 7.29. The van der Waals surface area contributed by atoms with Gasteiger partial charge in [0.15, 0.2) is 0 Å². The van der Waals surface area contributed by atoms with Crippen LogP contribution in [0, 0.1) is 0 Å². The minimum Gasteiger partial charge on any atom is -0.355 e. The number of amides is 1. The quantitative estimate of drug-likeness (QED) is 0.803. The van der Waals surface area contributed by atoms with Gasteiger partial charge in [-0.05, 0) is 13.0 Å². The molecule has 7 heteroatoms. The lowest BCUT2D eigenvalue weighted by Crippen LogP contribution is -2.57. The second-order valence-corrected chi connectivity index (χ2v) is 5.14. The molecule has 0 spiro atoms. The van der Waals surface area contributed by atoms with Gasteiger partial charge < -0.3 is 10.6 Å². The van der Waals surface area contributed by atoms with Gasteiger partial charge in [0, 0.05) is 51.3 Å². The SMILES string of the molecule is CCNC(=O)C1CNCCN1Cc1cn2cccnc2n1. The normalized spacial score (nSPS) is 19.8. The Morgan fingerprint density at radius 1 is 1.57 bits per heavy atom. The monoisotopic (exact) mass is 288 g/mol. The average Bonchev–Trinajstić information content (AvgIpc) is 2.90. The average molecular weight is 288 g/mol. The van der Waals surface area contributed by atoms with Crippen LogP contribution in [-0.4, -0.2) is 57.4 Å². The highest BCUT2D eigenvalue weighted by Gasteiger charge is 2.28. The summed E-state index contributed by atoms with van der Waals surface area (Å²) in [6.07, 6.45) is 5.63. The van der Waals surface area contributed by atoms with Crippen molar-refractivity contribution < 1.29 is 4.79 Å². The van der Waals surface area contributed by atoms with Crippen molar-refractivity contribution in [2.24, 2.45) is 0 Å². The van der Waals surface area contributed by atoms with Crippen molar-refractivity contribution in [1.29, 1.82) is 0 Å². The number of rotatable bonds is 4. The zero-order chi connectivity index (χ0) is 14.7. The largest absolute Gasteiger partial charge is 0.355 e. The van der Waals surface area contributed by atoms with Crippen molar-refractivity contribution in [3.8, 4) is 0 Å². The maximum atomic E-state index is 12.1. The Morgan fingerprint density at radius 3 is 3.29 bits per heavy atom. The van der Waals surface area contributed by atoms with E-state index >= 15 is 0 Å². The molecule has 2 aromatic heterocycles. The molecule has 0 radical (unpaired) electrons. The summed E-state index contributed by atoms with van der Waals surface area (Å²) in [5.74, 6) is 0.767. The molecule has 112 valence electrons. The van der Waals surface area contributed by atoms with Crippen LogP contribution >= 0.6 is 0 Å². The number of imidazole rings is 1. The predicted octanol–water partition coefficient (Wildman–Crippen LogP) is -0.361. The number of aromatic nitrogens is 3. The second-order valence-electron chi connectivity index (χ2n) is 5.14. The van der Waals surface area contributed by atoms with Crippen LogP contribution < -0.4 is 10.6 Å². The first-order chi connectivity index (χ1) is 10.3. The van der Waals surface area contributed by atoms with Crippen molar-refractivity contribution in [3.63, 3.8) is 0 Å². The molecule has 1 aliphatic heterocycles. The molecule has 2 aromatic rings. The molecule has 21 heavy (non-hydrogen) atoms. The Morgan fingerprint density at radius 2 is 2.48 bits per heavy atom. The highest BCUT2D eigenvalue weighted by Crippen LogP contribution is 2.10. The van der Waals surface area contributed by atoms with Crippen molar-refractivity contribution in [3.05, 3.63) is 30.4 Å². The van der Waals surface area contributed by atoms with Gasteiger partial charge in [0.25, 0.3) is 0 Å². The standard InChI is InChI=1S/C14H20N6O/c1-2-16-13(21)12-8-15-5-7-19(12)9-11-10-20-6-3-4-17-14(20)18-11/h3-4,6,10,12,15H,2,5,7-9H2,1H3,(H,16,21). The first-order valence-corrected chi connectivity index (χ1v) is 7.29.